The molecule has 0 aromatic rings. The molecule has 2 N–H and O–H groups in total. The topological polar surface area (TPSA) is 76.7 Å². The van der Waals surface area contributed by atoms with Gasteiger partial charge in [0.05, 0.1) is 25.7 Å². The van der Waals surface area contributed by atoms with E-state index in [2.05, 4.69) is 24.7 Å². The summed E-state index contributed by atoms with van der Waals surface area (Å²) in [5.41, 5.74) is 6.14. The smallest absolute Gasteiger partial charge is 0.147 e. The van der Waals surface area contributed by atoms with Crippen LogP contribution in [0.4, 0.5) is 0 Å². The maximum Gasteiger partial charge on any atom is 0.147 e. The molecule has 134 valence electrons. The molecule has 1 aliphatic rings. The van der Waals surface area contributed by atoms with Gasteiger partial charge >= 0.3 is 0 Å². The van der Waals surface area contributed by atoms with Crippen LogP contribution in [-0.2, 0) is 19.1 Å². The molecule has 1 saturated carbocycles. The second-order valence-corrected chi connectivity index (χ2v) is 6.72. The van der Waals surface area contributed by atoms with Gasteiger partial charge in [-0.3, -0.25) is 20.4 Å². The van der Waals surface area contributed by atoms with Crippen LogP contribution in [0.5, 0.6) is 0 Å². The summed E-state index contributed by atoms with van der Waals surface area (Å²) in [5, 5.41) is 0. The Morgan fingerprint density at radius 2 is 1.70 bits per heavy atom. The lowest BCUT2D eigenvalue weighted by molar-refractivity contribution is -0.129. The van der Waals surface area contributed by atoms with Crippen LogP contribution in [0.2, 0.25) is 0 Å². The van der Waals surface area contributed by atoms with E-state index in [4.69, 9.17) is 9.47 Å². The van der Waals surface area contributed by atoms with Gasteiger partial charge in [0, 0.05) is 31.5 Å². The van der Waals surface area contributed by atoms with E-state index < -0.39 is 5.92 Å². The first-order chi connectivity index (χ1) is 10.9. The Hall–Kier alpha value is -0.820. The third-order valence-corrected chi connectivity index (χ3v) is 4.01. The van der Waals surface area contributed by atoms with Gasteiger partial charge in [-0.05, 0) is 26.2 Å². The Morgan fingerprint density at radius 3 is 2.26 bits per heavy atom. The van der Waals surface area contributed by atoms with Gasteiger partial charge in [0.15, 0.2) is 0 Å². The van der Waals surface area contributed by atoms with Crippen molar-refractivity contribution >= 4 is 11.6 Å². The van der Waals surface area contributed by atoms with Crippen LogP contribution in [0.3, 0.4) is 0 Å². The van der Waals surface area contributed by atoms with Crippen LogP contribution in [0.25, 0.3) is 0 Å². The molecule has 0 radical (unpaired) electrons. The summed E-state index contributed by atoms with van der Waals surface area (Å²) in [4.78, 5) is 24.1. The highest BCUT2D eigenvalue weighted by Crippen LogP contribution is 2.31. The van der Waals surface area contributed by atoms with E-state index in [0.717, 1.165) is 6.54 Å². The number of carbonyl (C=O) groups excluding carboxylic acids is 2. The largest absolute Gasteiger partial charge is 0.379 e. The van der Waals surface area contributed by atoms with E-state index in [1.165, 1.54) is 0 Å². The zero-order valence-corrected chi connectivity index (χ0v) is 14.9. The standard InChI is InChI=1S/C17H32N2O4/c1-12(2)15-11-16(20)14(17(15)21)5-7-22-9-10-23-8-6-18-19-13(3)4/h12-15,18-19H,5-11H2,1-4H3. The van der Waals surface area contributed by atoms with Crippen LogP contribution >= 0.6 is 0 Å². The summed E-state index contributed by atoms with van der Waals surface area (Å²) in [6, 6.07) is 0.398. The number of ketones is 2. The molecule has 23 heavy (non-hydrogen) atoms. The first-order valence-corrected chi connectivity index (χ1v) is 8.63. The van der Waals surface area contributed by atoms with Crippen LogP contribution < -0.4 is 10.9 Å². The molecule has 0 aromatic carbocycles. The molecule has 0 aromatic heterocycles. The number of hydrogen-bond acceptors (Lipinski definition) is 6. The zero-order valence-electron chi connectivity index (χ0n) is 14.9. The average Bonchev–Trinajstić information content (AvgIpc) is 2.76. The molecule has 0 amide bonds. The van der Waals surface area contributed by atoms with E-state index in [9.17, 15) is 9.59 Å². The maximum atomic E-state index is 12.2. The summed E-state index contributed by atoms with van der Waals surface area (Å²) >= 11 is 0. The molecule has 2 unspecified atom stereocenters. The van der Waals surface area contributed by atoms with Crippen LogP contribution in [-0.4, -0.2) is 50.6 Å². The van der Waals surface area contributed by atoms with Crippen molar-refractivity contribution in [1.82, 2.24) is 10.9 Å². The van der Waals surface area contributed by atoms with E-state index in [1.54, 1.807) is 0 Å². The van der Waals surface area contributed by atoms with Crippen LogP contribution in [0.1, 0.15) is 40.5 Å². The number of nitrogens with one attached hydrogen (secondary N) is 2. The van der Waals surface area contributed by atoms with Gasteiger partial charge in [0.2, 0.25) is 0 Å². The fraction of sp³-hybridized carbons (Fsp3) is 0.882. The minimum absolute atomic E-state index is 0.0808. The molecule has 0 bridgehead atoms. The van der Waals surface area contributed by atoms with Crippen molar-refractivity contribution in [2.45, 2.75) is 46.6 Å². The Labute approximate surface area is 139 Å². The lowest BCUT2D eigenvalue weighted by Crippen LogP contribution is -2.39. The molecule has 6 heteroatoms. The molecule has 2 atom stereocenters. The fourth-order valence-electron chi connectivity index (χ4n) is 2.67. The minimum Gasteiger partial charge on any atom is -0.379 e. The number of ether oxygens (including phenoxy) is 2. The fourth-order valence-corrected chi connectivity index (χ4v) is 2.67. The molecular weight excluding hydrogens is 296 g/mol. The Morgan fingerprint density at radius 1 is 1.04 bits per heavy atom. The summed E-state index contributed by atoms with van der Waals surface area (Å²) in [6.45, 7) is 10.9. The SMILES string of the molecule is CC(C)NNCCOCCOCCC1C(=O)CC(C(C)C)C1=O. The number of carbonyl (C=O) groups is 2. The normalized spacial score (nSPS) is 21.8. The van der Waals surface area contributed by atoms with Crippen molar-refractivity contribution in [3.05, 3.63) is 0 Å². The maximum absolute atomic E-state index is 12.2. The van der Waals surface area contributed by atoms with Gasteiger partial charge < -0.3 is 9.47 Å². The first kappa shape index (κ1) is 20.2. The number of hydrazine groups is 1. The summed E-state index contributed by atoms with van der Waals surface area (Å²) in [7, 11) is 0. The van der Waals surface area contributed by atoms with Gasteiger partial charge in [-0.2, -0.15) is 0 Å². The van der Waals surface area contributed by atoms with Crippen molar-refractivity contribution in [2.24, 2.45) is 17.8 Å². The molecule has 1 aliphatic carbocycles. The molecule has 0 heterocycles. The third kappa shape index (κ3) is 7.52. The highest BCUT2D eigenvalue weighted by molar-refractivity contribution is 6.10. The molecule has 1 fully saturated rings. The minimum atomic E-state index is -0.449. The van der Waals surface area contributed by atoms with Crippen LogP contribution in [0, 0.1) is 17.8 Å². The quantitative estimate of drug-likeness (QED) is 0.320. The first-order valence-electron chi connectivity index (χ1n) is 8.63. The molecule has 0 spiro atoms. The average molecular weight is 328 g/mol. The van der Waals surface area contributed by atoms with E-state index in [0.29, 0.717) is 45.3 Å². The van der Waals surface area contributed by atoms with Crippen molar-refractivity contribution in [1.29, 1.82) is 0 Å². The zero-order chi connectivity index (χ0) is 17.2. The molecular formula is C17H32N2O4. The van der Waals surface area contributed by atoms with Gasteiger partial charge in [-0.25, -0.2) is 0 Å². The highest BCUT2D eigenvalue weighted by Gasteiger charge is 2.41. The lowest BCUT2D eigenvalue weighted by atomic mass is 9.91. The molecule has 1 rings (SSSR count). The van der Waals surface area contributed by atoms with Crippen molar-refractivity contribution in [2.75, 3.05) is 33.0 Å². The van der Waals surface area contributed by atoms with Crippen LogP contribution in [0.15, 0.2) is 0 Å². The van der Waals surface area contributed by atoms with Gasteiger partial charge in [-0.1, -0.05) is 13.8 Å². The monoisotopic (exact) mass is 328 g/mol. The third-order valence-electron chi connectivity index (χ3n) is 4.01. The Balaban J connectivity index is 2.01. The van der Waals surface area contributed by atoms with Gasteiger partial charge in [-0.15, -0.1) is 0 Å². The second-order valence-electron chi connectivity index (χ2n) is 6.72. The van der Waals surface area contributed by atoms with E-state index in [1.807, 2.05) is 13.8 Å². The molecule has 0 saturated heterocycles. The number of hydrogen-bond donors (Lipinski definition) is 2. The summed E-state index contributed by atoms with van der Waals surface area (Å²) < 4.78 is 10.9. The van der Waals surface area contributed by atoms with Crippen molar-refractivity contribution in [3.8, 4) is 0 Å². The number of Topliss-reactive ketones (excluding diaryl/α,β-unsaturated/α-hetero) is 2. The highest BCUT2D eigenvalue weighted by atomic mass is 16.5. The van der Waals surface area contributed by atoms with Gasteiger partial charge in [0.25, 0.3) is 0 Å². The second kappa shape index (κ2) is 10.9. The van der Waals surface area contributed by atoms with E-state index >= 15 is 0 Å². The Bertz CT molecular complexity index is 372. The van der Waals surface area contributed by atoms with Crippen molar-refractivity contribution in [3.63, 3.8) is 0 Å². The van der Waals surface area contributed by atoms with Crippen molar-refractivity contribution < 1.29 is 19.1 Å². The van der Waals surface area contributed by atoms with Gasteiger partial charge in [0.1, 0.15) is 11.6 Å². The summed E-state index contributed by atoms with van der Waals surface area (Å²) in [6.07, 6.45) is 0.905. The molecule has 6 nitrogen and oxygen atoms in total. The Kier molecular flexibility index (Phi) is 9.55. The predicted molar refractivity (Wildman–Crippen MR) is 89.0 cm³/mol. The lowest BCUT2D eigenvalue weighted by Gasteiger charge is -2.13. The predicted octanol–water partition coefficient (Wildman–Crippen LogP) is 1.34. The molecule has 0 aliphatic heterocycles. The number of rotatable bonds is 12. The van der Waals surface area contributed by atoms with E-state index in [-0.39, 0.29) is 23.4 Å². The summed E-state index contributed by atoms with van der Waals surface area (Å²) in [5.74, 6) is -0.118.